The number of aromatic hydroxyl groups is 1. The molecule has 1 atom stereocenters. The van der Waals surface area contributed by atoms with Gasteiger partial charge >= 0.3 is 0 Å². The van der Waals surface area contributed by atoms with E-state index in [1.54, 1.807) is 6.07 Å². The van der Waals surface area contributed by atoms with Crippen LogP contribution in [-0.4, -0.2) is 15.7 Å². The second kappa shape index (κ2) is 4.18. The van der Waals surface area contributed by atoms with Crippen molar-refractivity contribution in [3.8, 4) is 5.75 Å². The molecule has 0 aliphatic carbocycles. The fourth-order valence-electron chi connectivity index (χ4n) is 2.17. The molecule has 0 fully saturated rings. The summed E-state index contributed by atoms with van der Waals surface area (Å²) in [4.78, 5) is 0. The topological polar surface area (TPSA) is 51.2 Å². The molecule has 1 heterocycles. The lowest BCUT2D eigenvalue weighted by atomic mass is 10.1. The quantitative estimate of drug-likeness (QED) is 0.830. The number of benzene rings is 1. The second-order valence-corrected chi connectivity index (χ2v) is 4.30. The van der Waals surface area contributed by atoms with Gasteiger partial charge in [-0.2, -0.15) is 0 Å². The number of nitrogens with zero attached hydrogens (tertiary/aromatic N) is 1. The molecule has 0 amide bonds. The zero-order valence-electron chi connectivity index (χ0n) is 9.77. The fraction of sp³-hybridized carbons (Fsp3) is 0.385. The maximum absolute atomic E-state index is 9.88. The average molecular weight is 218 g/mol. The lowest BCUT2D eigenvalue weighted by Crippen LogP contribution is -2.17. The Kier molecular flexibility index (Phi) is 2.88. The number of aryl methyl sites for hydroxylation is 1. The van der Waals surface area contributed by atoms with E-state index in [4.69, 9.17) is 5.73 Å². The van der Waals surface area contributed by atoms with Gasteiger partial charge in [0.25, 0.3) is 0 Å². The van der Waals surface area contributed by atoms with Crippen LogP contribution < -0.4 is 5.73 Å². The number of fused-ring (bicyclic) bond motifs is 1. The molecule has 1 unspecified atom stereocenters. The predicted octanol–water partition coefficient (Wildman–Crippen LogP) is 2.26. The van der Waals surface area contributed by atoms with E-state index in [0.29, 0.717) is 5.75 Å². The average Bonchev–Trinajstić information content (AvgIpc) is 2.57. The van der Waals surface area contributed by atoms with Crippen LogP contribution in [-0.2, 0) is 13.0 Å². The molecule has 0 saturated carbocycles. The van der Waals surface area contributed by atoms with Crippen LogP contribution in [0.4, 0.5) is 0 Å². The minimum absolute atomic E-state index is 0.137. The number of hydrogen-bond donors (Lipinski definition) is 2. The van der Waals surface area contributed by atoms with Crippen molar-refractivity contribution < 1.29 is 5.11 Å². The van der Waals surface area contributed by atoms with Crippen molar-refractivity contribution in [1.82, 2.24) is 4.57 Å². The van der Waals surface area contributed by atoms with Gasteiger partial charge in [-0.3, -0.25) is 0 Å². The number of nitrogens with two attached hydrogens (primary N) is 1. The molecular formula is C13H18N2O. The summed E-state index contributed by atoms with van der Waals surface area (Å²) in [5.41, 5.74) is 7.96. The third-order valence-corrected chi connectivity index (χ3v) is 2.84. The van der Waals surface area contributed by atoms with Crippen LogP contribution in [0.1, 0.15) is 19.4 Å². The molecule has 3 nitrogen and oxygen atoms in total. The fourth-order valence-corrected chi connectivity index (χ4v) is 2.17. The van der Waals surface area contributed by atoms with Crippen LogP contribution in [0.5, 0.6) is 5.75 Å². The molecule has 0 aliphatic heterocycles. The van der Waals surface area contributed by atoms with Crippen molar-refractivity contribution >= 4 is 10.9 Å². The molecule has 3 N–H and O–H groups in total. The van der Waals surface area contributed by atoms with Crippen molar-refractivity contribution in [2.45, 2.75) is 32.9 Å². The maximum Gasteiger partial charge on any atom is 0.139 e. The van der Waals surface area contributed by atoms with E-state index < -0.39 is 0 Å². The van der Waals surface area contributed by atoms with Gasteiger partial charge in [-0.15, -0.1) is 0 Å². The third kappa shape index (κ3) is 1.78. The zero-order valence-corrected chi connectivity index (χ0v) is 9.77. The van der Waals surface area contributed by atoms with E-state index >= 15 is 0 Å². The van der Waals surface area contributed by atoms with Gasteiger partial charge in [-0.1, -0.05) is 12.1 Å². The summed E-state index contributed by atoms with van der Waals surface area (Å²) in [6.07, 6.45) is 2.93. The standard InChI is InChI=1S/C13H18N2O/c1-3-15-8-10(7-9(2)14)11-5-4-6-12(16)13(11)15/h4-6,8-9,16H,3,7,14H2,1-2H3. The predicted molar refractivity (Wildman–Crippen MR) is 66.6 cm³/mol. The molecule has 3 heteroatoms. The van der Waals surface area contributed by atoms with Gasteiger partial charge in [0.15, 0.2) is 0 Å². The first-order valence-corrected chi connectivity index (χ1v) is 5.68. The SMILES string of the molecule is CCn1cc(CC(C)N)c2cccc(O)c21. The Bertz CT molecular complexity index is 500. The first-order valence-electron chi connectivity index (χ1n) is 5.68. The number of para-hydroxylation sites is 1. The monoisotopic (exact) mass is 218 g/mol. The van der Waals surface area contributed by atoms with Crippen LogP contribution >= 0.6 is 0 Å². The second-order valence-electron chi connectivity index (χ2n) is 4.30. The molecule has 0 saturated heterocycles. The van der Waals surface area contributed by atoms with Gasteiger partial charge in [-0.05, 0) is 31.9 Å². The van der Waals surface area contributed by atoms with E-state index in [9.17, 15) is 5.11 Å². The summed E-state index contributed by atoms with van der Waals surface area (Å²) in [5.74, 6) is 0.343. The van der Waals surface area contributed by atoms with E-state index in [-0.39, 0.29) is 6.04 Å². The summed E-state index contributed by atoms with van der Waals surface area (Å²) < 4.78 is 2.07. The van der Waals surface area contributed by atoms with Gasteiger partial charge in [-0.25, -0.2) is 0 Å². The normalized spacial score (nSPS) is 13.2. The summed E-state index contributed by atoms with van der Waals surface area (Å²) in [5, 5.41) is 11.0. The van der Waals surface area contributed by atoms with Crippen molar-refractivity contribution in [3.63, 3.8) is 0 Å². The highest BCUT2D eigenvalue weighted by Gasteiger charge is 2.11. The minimum Gasteiger partial charge on any atom is -0.506 e. The lowest BCUT2D eigenvalue weighted by Gasteiger charge is -2.03. The molecule has 0 bridgehead atoms. The van der Waals surface area contributed by atoms with Crippen molar-refractivity contribution in [2.24, 2.45) is 5.73 Å². The number of phenolic OH excluding ortho intramolecular Hbond substituents is 1. The number of phenols is 1. The number of rotatable bonds is 3. The van der Waals surface area contributed by atoms with Crippen molar-refractivity contribution in [3.05, 3.63) is 30.0 Å². The Morgan fingerprint density at radius 2 is 2.19 bits per heavy atom. The Morgan fingerprint density at radius 3 is 2.81 bits per heavy atom. The Labute approximate surface area is 95.5 Å². The molecule has 0 spiro atoms. The Balaban J connectivity index is 2.63. The van der Waals surface area contributed by atoms with E-state index in [0.717, 1.165) is 23.9 Å². The summed E-state index contributed by atoms with van der Waals surface area (Å²) in [6.45, 7) is 4.92. The molecule has 16 heavy (non-hydrogen) atoms. The van der Waals surface area contributed by atoms with Gasteiger partial charge in [0.2, 0.25) is 0 Å². The first-order chi connectivity index (χ1) is 7.63. The van der Waals surface area contributed by atoms with Crippen LogP contribution in [0.3, 0.4) is 0 Å². The molecule has 1 aromatic carbocycles. The molecule has 0 aliphatic rings. The molecule has 2 aromatic rings. The van der Waals surface area contributed by atoms with Gasteiger partial charge in [0.05, 0.1) is 5.52 Å². The highest BCUT2D eigenvalue weighted by atomic mass is 16.3. The van der Waals surface area contributed by atoms with Crippen LogP contribution in [0.15, 0.2) is 24.4 Å². The highest BCUT2D eigenvalue weighted by Crippen LogP contribution is 2.29. The number of hydrogen-bond acceptors (Lipinski definition) is 2. The molecular weight excluding hydrogens is 200 g/mol. The van der Waals surface area contributed by atoms with Crippen LogP contribution in [0.2, 0.25) is 0 Å². The third-order valence-electron chi connectivity index (χ3n) is 2.84. The first kappa shape index (κ1) is 11.0. The Morgan fingerprint density at radius 1 is 1.44 bits per heavy atom. The highest BCUT2D eigenvalue weighted by molar-refractivity contribution is 5.89. The molecule has 0 radical (unpaired) electrons. The van der Waals surface area contributed by atoms with Crippen LogP contribution in [0.25, 0.3) is 10.9 Å². The Hall–Kier alpha value is -1.48. The van der Waals surface area contributed by atoms with Crippen molar-refractivity contribution in [1.29, 1.82) is 0 Å². The van der Waals surface area contributed by atoms with Crippen molar-refractivity contribution in [2.75, 3.05) is 0 Å². The van der Waals surface area contributed by atoms with Gasteiger partial charge in [0.1, 0.15) is 5.75 Å². The number of aromatic nitrogens is 1. The van der Waals surface area contributed by atoms with Gasteiger partial charge < -0.3 is 15.4 Å². The smallest absolute Gasteiger partial charge is 0.139 e. The summed E-state index contributed by atoms with van der Waals surface area (Å²) in [7, 11) is 0. The van der Waals surface area contributed by atoms with Crippen LogP contribution in [0, 0.1) is 0 Å². The zero-order chi connectivity index (χ0) is 11.7. The summed E-state index contributed by atoms with van der Waals surface area (Å²) >= 11 is 0. The minimum atomic E-state index is 0.137. The van der Waals surface area contributed by atoms with E-state index in [1.807, 2.05) is 19.1 Å². The van der Waals surface area contributed by atoms with E-state index in [2.05, 4.69) is 17.7 Å². The molecule has 2 rings (SSSR count). The maximum atomic E-state index is 9.88. The molecule has 86 valence electrons. The van der Waals surface area contributed by atoms with Gasteiger partial charge in [0, 0.05) is 24.2 Å². The van der Waals surface area contributed by atoms with E-state index in [1.165, 1.54) is 5.56 Å². The largest absolute Gasteiger partial charge is 0.506 e. The summed E-state index contributed by atoms with van der Waals surface area (Å²) in [6, 6.07) is 5.78. The lowest BCUT2D eigenvalue weighted by molar-refractivity contribution is 0.478. The molecule has 1 aromatic heterocycles.